The molecule has 0 radical (unpaired) electrons. The predicted molar refractivity (Wildman–Crippen MR) is 116 cm³/mol. The van der Waals surface area contributed by atoms with Crippen LogP contribution in [0.5, 0.6) is 0 Å². The molecule has 0 unspecified atom stereocenters. The van der Waals surface area contributed by atoms with Gasteiger partial charge in [0.05, 0.1) is 5.69 Å². The van der Waals surface area contributed by atoms with E-state index in [1.807, 2.05) is 0 Å². The number of hydrogen-bond acceptors (Lipinski definition) is 5. The quantitative estimate of drug-likeness (QED) is 0.732. The number of nitrogens with one attached hydrogen (secondary N) is 2. The lowest BCUT2D eigenvalue weighted by atomic mass is 9.94. The number of alkyl carbamates (subject to hydrolysis) is 1. The summed E-state index contributed by atoms with van der Waals surface area (Å²) in [5.41, 5.74) is -1.02. The van der Waals surface area contributed by atoms with Crippen LogP contribution in [0.4, 0.5) is 9.18 Å². The number of H-pyrrole nitrogens is 1. The first kappa shape index (κ1) is 23.5. The summed E-state index contributed by atoms with van der Waals surface area (Å²) >= 11 is 0. The van der Waals surface area contributed by atoms with E-state index in [1.165, 1.54) is 16.7 Å². The van der Waals surface area contributed by atoms with Crippen molar-refractivity contribution >= 4 is 12.0 Å². The molecule has 0 aliphatic carbocycles. The normalized spacial score (nSPS) is 17.7. The molecule has 3 rings (SSSR count). The number of rotatable bonds is 5. The van der Waals surface area contributed by atoms with Crippen LogP contribution in [0.25, 0.3) is 5.69 Å². The standard InChI is InChI=1S/C22H30FN5O4/c1-14(24-21(31)32-22(2,3)4)19(29)27-11-7-8-15(13-27)12-18-25-26-20(30)28(18)17-10-6-5-9-16(17)23/h5-6,9-10,14-15H,7-8,11-13H2,1-4H3,(H,24,31)(H,26,30)/t14-,15-/m0/s1. The maximum Gasteiger partial charge on any atom is 0.408 e. The van der Waals surface area contributed by atoms with E-state index < -0.39 is 29.2 Å². The van der Waals surface area contributed by atoms with Gasteiger partial charge in [-0.05, 0) is 58.6 Å². The van der Waals surface area contributed by atoms with Crippen LogP contribution in [0.3, 0.4) is 0 Å². The van der Waals surface area contributed by atoms with Gasteiger partial charge in [-0.15, -0.1) is 0 Å². The highest BCUT2D eigenvalue weighted by Gasteiger charge is 2.30. The highest BCUT2D eigenvalue weighted by Crippen LogP contribution is 2.22. The number of hydrogen-bond donors (Lipinski definition) is 2. The minimum atomic E-state index is -0.731. The highest BCUT2D eigenvalue weighted by atomic mass is 19.1. The van der Waals surface area contributed by atoms with Gasteiger partial charge in [-0.1, -0.05) is 12.1 Å². The van der Waals surface area contributed by atoms with Crippen molar-refractivity contribution in [3.05, 3.63) is 46.4 Å². The summed E-state index contributed by atoms with van der Waals surface area (Å²) in [6.07, 6.45) is 1.39. The van der Waals surface area contributed by atoms with E-state index in [0.29, 0.717) is 25.3 Å². The highest BCUT2D eigenvalue weighted by molar-refractivity contribution is 5.85. The third kappa shape index (κ3) is 5.74. The number of aromatic amines is 1. The largest absolute Gasteiger partial charge is 0.444 e. The molecule has 1 aliphatic rings. The summed E-state index contributed by atoms with van der Waals surface area (Å²) in [6, 6.07) is 5.29. The fraction of sp³-hybridized carbons (Fsp3) is 0.545. The molecule has 2 atom stereocenters. The van der Waals surface area contributed by atoms with Crippen LogP contribution in [0.1, 0.15) is 46.4 Å². The lowest BCUT2D eigenvalue weighted by molar-refractivity contribution is -0.134. The van der Waals surface area contributed by atoms with Crippen LogP contribution in [0.2, 0.25) is 0 Å². The number of likely N-dealkylation sites (tertiary alicyclic amines) is 1. The van der Waals surface area contributed by atoms with Gasteiger partial charge in [0.2, 0.25) is 5.91 Å². The van der Waals surface area contributed by atoms with E-state index in [1.54, 1.807) is 44.7 Å². The molecule has 1 fully saturated rings. The van der Waals surface area contributed by atoms with Crippen LogP contribution >= 0.6 is 0 Å². The summed E-state index contributed by atoms with van der Waals surface area (Å²) in [6.45, 7) is 7.92. The molecule has 0 saturated carbocycles. The first-order valence-corrected chi connectivity index (χ1v) is 10.7. The number of aromatic nitrogens is 3. The van der Waals surface area contributed by atoms with Crippen LogP contribution in [-0.4, -0.2) is 56.4 Å². The van der Waals surface area contributed by atoms with Gasteiger partial charge in [-0.3, -0.25) is 4.79 Å². The second kappa shape index (κ2) is 9.54. The van der Waals surface area contributed by atoms with E-state index in [9.17, 15) is 18.8 Å². The van der Waals surface area contributed by atoms with E-state index in [4.69, 9.17) is 4.74 Å². The summed E-state index contributed by atoms with van der Waals surface area (Å²) in [7, 11) is 0. The summed E-state index contributed by atoms with van der Waals surface area (Å²) in [5, 5.41) is 9.06. The van der Waals surface area contributed by atoms with Crippen LogP contribution in [-0.2, 0) is 16.0 Å². The van der Waals surface area contributed by atoms with E-state index in [-0.39, 0.29) is 17.5 Å². The first-order valence-electron chi connectivity index (χ1n) is 10.7. The molecule has 2 heterocycles. The maximum atomic E-state index is 14.3. The topological polar surface area (TPSA) is 109 Å². The van der Waals surface area contributed by atoms with E-state index in [2.05, 4.69) is 15.5 Å². The number of carbonyl (C=O) groups is 2. The molecule has 10 heteroatoms. The second-order valence-electron chi connectivity index (χ2n) is 9.10. The number of piperidine rings is 1. The summed E-state index contributed by atoms with van der Waals surface area (Å²) in [4.78, 5) is 38.8. The molecule has 9 nitrogen and oxygen atoms in total. The number of carbonyl (C=O) groups excluding carboxylic acids is 2. The second-order valence-corrected chi connectivity index (χ2v) is 9.10. The lowest BCUT2D eigenvalue weighted by Crippen LogP contribution is -2.51. The molecule has 32 heavy (non-hydrogen) atoms. The van der Waals surface area contributed by atoms with Gasteiger partial charge in [0.1, 0.15) is 23.3 Å². The van der Waals surface area contributed by atoms with Gasteiger partial charge in [-0.2, -0.15) is 5.10 Å². The minimum Gasteiger partial charge on any atom is -0.444 e. The van der Waals surface area contributed by atoms with Crippen LogP contribution in [0, 0.1) is 11.7 Å². The Morgan fingerprint density at radius 3 is 2.75 bits per heavy atom. The number of para-hydroxylation sites is 1. The van der Waals surface area contributed by atoms with Crippen molar-refractivity contribution in [1.82, 2.24) is 25.0 Å². The molecular weight excluding hydrogens is 417 g/mol. The van der Waals surface area contributed by atoms with Gasteiger partial charge < -0.3 is 15.0 Å². The minimum absolute atomic E-state index is 0.0437. The SMILES string of the molecule is C[C@H](NC(=O)OC(C)(C)C)C(=O)N1CCC[C@@H](Cc2n[nH]c(=O)n2-c2ccccc2F)C1. The van der Waals surface area contributed by atoms with Crippen molar-refractivity contribution < 1.29 is 18.7 Å². The molecule has 174 valence electrons. The van der Waals surface area contributed by atoms with Crippen molar-refractivity contribution in [3.8, 4) is 5.69 Å². The van der Waals surface area contributed by atoms with Crippen molar-refractivity contribution in [3.63, 3.8) is 0 Å². The van der Waals surface area contributed by atoms with Gasteiger partial charge in [0.15, 0.2) is 0 Å². The summed E-state index contributed by atoms with van der Waals surface area (Å²) in [5.74, 6) is -0.254. The first-order chi connectivity index (χ1) is 15.0. The molecule has 1 aromatic heterocycles. The average molecular weight is 448 g/mol. The van der Waals surface area contributed by atoms with Crippen molar-refractivity contribution in [2.75, 3.05) is 13.1 Å². The van der Waals surface area contributed by atoms with Crippen LogP contribution in [0.15, 0.2) is 29.1 Å². The number of ether oxygens (including phenoxy) is 1. The predicted octanol–water partition coefficient (Wildman–Crippen LogP) is 2.39. The fourth-order valence-electron chi connectivity index (χ4n) is 3.86. The van der Waals surface area contributed by atoms with Crippen molar-refractivity contribution in [2.45, 2.75) is 58.6 Å². The van der Waals surface area contributed by atoms with Gasteiger partial charge in [0, 0.05) is 19.5 Å². The Labute approximate surface area is 185 Å². The molecular formula is C22H30FN5O4. The molecule has 2 amide bonds. The molecule has 2 N–H and O–H groups in total. The van der Waals surface area contributed by atoms with Gasteiger partial charge in [0.25, 0.3) is 0 Å². The Morgan fingerprint density at radius 2 is 2.06 bits per heavy atom. The monoisotopic (exact) mass is 447 g/mol. The molecule has 1 saturated heterocycles. The molecule has 2 aromatic rings. The van der Waals surface area contributed by atoms with Crippen molar-refractivity contribution in [1.29, 1.82) is 0 Å². The number of nitrogens with zero attached hydrogens (tertiary/aromatic N) is 3. The van der Waals surface area contributed by atoms with Crippen molar-refractivity contribution in [2.24, 2.45) is 5.92 Å². The Balaban J connectivity index is 1.66. The zero-order valence-corrected chi connectivity index (χ0v) is 18.9. The maximum absolute atomic E-state index is 14.3. The fourth-order valence-corrected chi connectivity index (χ4v) is 3.86. The molecule has 1 aromatic carbocycles. The molecule has 0 bridgehead atoms. The Hall–Kier alpha value is -3.17. The van der Waals surface area contributed by atoms with Gasteiger partial charge >= 0.3 is 11.8 Å². The zero-order valence-electron chi connectivity index (χ0n) is 18.9. The number of benzene rings is 1. The average Bonchev–Trinajstić information content (AvgIpc) is 3.06. The molecule has 0 spiro atoms. The van der Waals surface area contributed by atoms with Gasteiger partial charge in [-0.25, -0.2) is 23.6 Å². The Bertz CT molecular complexity index is 1030. The molecule has 1 aliphatic heterocycles. The Morgan fingerprint density at radius 1 is 1.34 bits per heavy atom. The number of amides is 2. The smallest absolute Gasteiger partial charge is 0.408 e. The zero-order chi connectivity index (χ0) is 23.5. The summed E-state index contributed by atoms with van der Waals surface area (Å²) < 4.78 is 20.7. The number of halogens is 1. The van der Waals surface area contributed by atoms with E-state index >= 15 is 0 Å². The van der Waals surface area contributed by atoms with E-state index in [0.717, 1.165) is 12.8 Å². The third-order valence-corrected chi connectivity index (χ3v) is 5.24. The Kier molecular flexibility index (Phi) is 7.00. The lowest BCUT2D eigenvalue weighted by Gasteiger charge is -2.34. The van der Waals surface area contributed by atoms with Crippen LogP contribution < -0.4 is 11.0 Å². The third-order valence-electron chi connectivity index (χ3n) is 5.24.